The van der Waals surface area contributed by atoms with Crippen molar-refractivity contribution in [3.05, 3.63) is 52.0 Å². The van der Waals surface area contributed by atoms with Gasteiger partial charge in [0.1, 0.15) is 0 Å². The van der Waals surface area contributed by atoms with Crippen LogP contribution in [-0.2, 0) is 10.0 Å². The maximum absolute atomic E-state index is 12.2. The maximum atomic E-state index is 12.2. The van der Waals surface area contributed by atoms with Crippen LogP contribution in [0.2, 0.25) is 10.0 Å². The zero-order valence-corrected chi connectivity index (χ0v) is 12.9. The molecule has 0 radical (unpaired) electrons. The van der Waals surface area contributed by atoms with Crippen molar-refractivity contribution in [1.29, 1.82) is 0 Å². The minimum Gasteiger partial charge on any atom is -0.399 e. The third-order valence-corrected chi connectivity index (χ3v) is 4.48. The molecular weight excluding hydrogens is 319 g/mol. The molecule has 0 bridgehead atoms. The summed E-state index contributed by atoms with van der Waals surface area (Å²) in [5.41, 5.74) is 7.21. The molecule has 7 heteroatoms. The predicted octanol–water partition coefficient (Wildman–Crippen LogP) is 3.68. The van der Waals surface area contributed by atoms with E-state index in [1.165, 1.54) is 30.3 Å². The maximum Gasteiger partial charge on any atom is 0.261 e. The third kappa shape index (κ3) is 3.36. The van der Waals surface area contributed by atoms with Crippen molar-refractivity contribution in [2.24, 2.45) is 0 Å². The summed E-state index contributed by atoms with van der Waals surface area (Å²) in [6.07, 6.45) is 0. The van der Waals surface area contributed by atoms with Crippen molar-refractivity contribution in [1.82, 2.24) is 0 Å². The van der Waals surface area contributed by atoms with Crippen LogP contribution in [0.15, 0.2) is 41.3 Å². The van der Waals surface area contributed by atoms with E-state index in [2.05, 4.69) is 4.72 Å². The Balaban J connectivity index is 2.37. The van der Waals surface area contributed by atoms with E-state index >= 15 is 0 Å². The van der Waals surface area contributed by atoms with Crippen LogP contribution >= 0.6 is 23.2 Å². The number of hydrogen-bond donors (Lipinski definition) is 2. The predicted molar refractivity (Wildman–Crippen MR) is 82.9 cm³/mol. The molecule has 4 nitrogen and oxygen atoms in total. The molecule has 0 atom stereocenters. The van der Waals surface area contributed by atoms with Crippen LogP contribution in [0, 0.1) is 6.92 Å². The highest BCUT2D eigenvalue weighted by atomic mass is 35.5. The fourth-order valence-corrected chi connectivity index (χ4v) is 3.29. The van der Waals surface area contributed by atoms with E-state index in [0.717, 1.165) is 0 Å². The molecule has 0 aromatic heterocycles. The van der Waals surface area contributed by atoms with E-state index in [1.54, 1.807) is 13.0 Å². The number of benzene rings is 2. The Morgan fingerprint density at radius 1 is 1.05 bits per heavy atom. The molecule has 3 N–H and O–H groups in total. The Bertz CT molecular complexity index is 741. The average Bonchev–Trinajstić information content (AvgIpc) is 2.30. The number of nitrogens with one attached hydrogen (secondary N) is 1. The molecule has 0 heterocycles. The summed E-state index contributed by atoms with van der Waals surface area (Å²) in [5.74, 6) is 0. The smallest absolute Gasteiger partial charge is 0.261 e. The minimum atomic E-state index is -3.71. The second-order valence-corrected chi connectivity index (χ2v) is 6.84. The first-order chi connectivity index (χ1) is 9.28. The lowest BCUT2D eigenvalue weighted by Crippen LogP contribution is -2.13. The first-order valence-corrected chi connectivity index (χ1v) is 7.87. The molecule has 0 aliphatic rings. The zero-order valence-electron chi connectivity index (χ0n) is 10.5. The zero-order chi connectivity index (χ0) is 14.9. The van der Waals surface area contributed by atoms with Crippen LogP contribution in [-0.4, -0.2) is 8.42 Å². The highest BCUT2D eigenvalue weighted by Gasteiger charge is 2.15. The Hall–Kier alpha value is -1.43. The molecule has 2 rings (SSSR count). The van der Waals surface area contributed by atoms with Crippen LogP contribution in [0.25, 0.3) is 0 Å². The summed E-state index contributed by atoms with van der Waals surface area (Å²) in [6, 6.07) is 8.98. The van der Waals surface area contributed by atoms with Crippen molar-refractivity contribution in [2.75, 3.05) is 10.5 Å². The highest BCUT2D eigenvalue weighted by molar-refractivity contribution is 7.92. The SMILES string of the molecule is Cc1cc(S(=O)(=O)Nc2cc(Cl)cc(Cl)c2)ccc1N. The number of nitrogens with two attached hydrogens (primary N) is 1. The van der Waals surface area contributed by atoms with Gasteiger partial charge >= 0.3 is 0 Å². The minimum absolute atomic E-state index is 0.125. The molecule has 0 saturated heterocycles. The van der Waals surface area contributed by atoms with Gasteiger partial charge in [0.2, 0.25) is 0 Å². The molecule has 106 valence electrons. The van der Waals surface area contributed by atoms with Crippen molar-refractivity contribution in [3.63, 3.8) is 0 Å². The molecule has 0 saturated carbocycles. The first-order valence-electron chi connectivity index (χ1n) is 5.63. The molecule has 0 fully saturated rings. The monoisotopic (exact) mass is 330 g/mol. The summed E-state index contributed by atoms with van der Waals surface area (Å²) < 4.78 is 26.9. The molecule has 20 heavy (non-hydrogen) atoms. The van der Waals surface area contributed by atoms with Gasteiger partial charge in [-0.2, -0.15) is 0 Å². The van der Waals surface area contributed by atoms with Crippen molar-refractivity contribution < 1.29 is 8.42 Å². The summed E-state index contributed by atoms with van der Waals surface area (Å²) in [4.78, 5) is 0.125. The summed E-state index contributed by atoms with van der Waals surface area (Å²) in [5, 5.41) is 0.701. The molecular formula is C13H12Cl2N2O2S. The highest BCUT2D eigenvalue weighted by Crippen LogP contribution is 2.25. The normalized spacial score (nSPS) is 11.3. The van der Waals surface area contributed by atoms with Gasteiger partial charge in [-0.3, -0.25) is 4.72 Å². The van der Waals surface area contributed by atoms with Gasteiger partial charge < -0.3 is 5.73 Å². The van der Waals surface area contributed by atoms with Gasteiger partial charge in [0.15, 0.2) is 0 Å². The Labute approximate surface area is 127 Å². The number of hydrogen-bond acceptors (Lipinski definition) is 3. The summed E-state index contributed by atoms with van der Waals surface area (Å²) in [7, 11) is -3.71. The number of rotatable bonds is 3. The van der Waals surface area contributed by atoms with E-state index in [4.69, 9.17) is 28.9 Å². The van der Waals surface area contributed by atoms with Crippen LogP contribution in [0.5, 0.6) is 0 Å². The average molecular weight is 331 g/mol. The van der Waals surface area contributed by atoms with Crippen LogP contribution in [0.4, 0.5) is 11.4 Å². The lowest BCUT2D eigenvalue weighted by Gasteiger charge is -2.10. The largest absolute Gasteiger partial charge is 0.399 e. The lowest BCUT2D eigenvalue weighted by molar-refractivity contribution is 0.601. The van der Waals surface area contributed by atoms with E-state index in [0.29, 0.717) is 27.0 Å². The Morgan fingerprint density at radius 3 is 2.20 bits per heavy atom. The van der Waals surface area contributed by atoms with Crippen LogP contribution in [0.3, 0.4) is 0 Å². The number of sulfonamides is 1. The number of aryl methyl sites for hydroxylation is 1. The van der Waals surface area contributed by atoms with Gasteiger partial charge in [0, 0.05) is 15.7 Å². The first kappa shape index (κ1) is 15.0. The fourth-order valence-electron chi connectivity index (χ4n) is 1.64. The molecule has 0 spiro atoms. The second kappa shape index (κ2) is 5.52. The van der Waals surface area contributed by atoms with Gasteiger partial charge in [-0.1, -0.05) is 23.2 Å². The van der Waals surface area contributed by atoms with Gasteiger partial charge in [-0.05, 0) is 48.9 Å². The summed E-state index contributed by atoms with van der Waals surface area (Å²) in [6.45, 7) is 1.74. The molecule has 2 aromatic rings. The van der Waals surface area contributed by atoms with Gasteiger partial charge in [-0.15, -0.1) is 0 Å². The number of nitrogen functional groups attached to an aromatic ring is 1. The van der Waals surface area contributed by atoms with E-state index in [9.17, 15) is 8.42 Å². The van der Waals surface area contributed by atoms with Gasteiger partial charge in [0.25, 0.3) is 10.0 Å². The second-order valence-electron chi connectivity index (χ2n) is 4.28. The Morgan fingerprint density at radius 2 is 1.65 bits per heavy atom. The van der Waals surface area contributed by atoms with Gasteiger partial charge in [-0.25, -0.2) is 8.42 Å². The van der Waals surface area contributed by atoms with Crippen molar-refractivity contribution >= 4 is 44.6 Å². The molecule has 0 amide bonds. The van der Waals surface area contributed by atoms with Gasteiger partial charge in [0.05, 0.1) is 10.6 Å². The molecule has 0 aliphatic heterocycles. The molecule has 0 aliphatic carbocycles. The quantitative estimate of drug-likeness (QED) is 0.843. The standard InChI is InChI=1S/C13H12Cl2N2O2S/c1-8-4-12(2-3-13(8)16)20(18,19)17-11-6-9(14)5-10(15)7-11/h2-7,17H,16H2,1H3. The van der Waals surface area contributed by atoms with Crippen LogP contribution in [0.1, 0.15) is 5.56 Å². The van der Waals surface area contributed by atoms with Crippen LogP contribution < -0.4 is 10.5 Å². The third-order valence-electron chi connectivity index (χ3n) is 2.67. The van der Waals surface area contributed by atoms with Crippen molar-refractivity contribution in [3.8, 4) is 0 Å². The number of halogens is 2. The lowest BCUT2D eigenvalue weighted by atomic mass is 10.2. The topological polar surface area (TPSA) is 72.2 Å². The molecule has 0 unspecified atom stereocenters. The number of anilines is 2. The Kier molecular flexibility index (Phi) is 4.13. The van der Waals surface area contributed by atoms with E-state index in [-0.39, 0.29) is 4.90 Å². The van der Waals surface area contributed by atoms with E-state index in [1.807, 2.05) is 0 Å². The summed E-state index contributed by atoms with van der Waals surface area (Å²) >= 11 is 11.7. The fraction of sp³-hybridized carbons (Fsp3) is 0.0769. The molecule has 2 aromatic carbocycles. The van der Waals surface area contributed by atoms with E-state index < -0.39 is 10.0 Å². The van der Waals surface area contributed by atoms with Crippen molar-refractivity contribution in [2.45, 2.75) is 11.8 Å².